The zero-order chi connectivity index (χ0) is 23.2. The predicted octanol–water partition coefficient (Wildman–Crippen LogP) is 4.47. The monoisotopic (exact) mass is 483 g/mol. The Hall–Kier alpha value is -3.38. The largest absolute Gasteiger partial charge is 0.464 e. The zero-order valence-corrected chi connectivity index (χ0v) is 17.7. The van der Waals surface area contributed by atoms with Crippen molar-refractivity contribution in [3.05, 3.63) is 51.9 Å². The van der Waals surface area contributed by atoms with Crippen molar-refractivity contribution < 1.29 is 27.2 Å². The molecule has 3 N–H and O–H groups in total. The maximum Gasteiger partial charge on any atom is 0.433 e. The number of pyridine rings is 1. The van der Waals surface area contributed by atoms with Gasteiger partial charge in [-0.15, -0.1) is 11.3 Å². The molecule has 13 heteroatoms. The molecule has 0 bridgehead atoms. The van der Waals surface area contributed by atoms with E-state index in [1.165, 1.54) is 29.3 Å². The van der Waals surface area contributed by atoms with E-state index in [2.05, 4.69) is 15.4 Å². The average Bonchev–Trinajstić information content (AvgIpc) is 3.43. The van der Waals surface area contributed by atoms with Crippen LogP contribution in [0.4, 0.5) is 18.9 Å². The number of thiophene rings is 1. The molecular formula is C19H13ClF3N5O3S. The van der Waals surface area contributed by atoms with E-state index in [0.29, 0.717) is 22.1 Å². The number of alkyl halides is 3. The second kappa shape index (κ2) is 7.95. The van der Waals surface area contributed by atoms with Crippen LogP contribution in [0.1, 0.15) is 21.1 Å². The number of carbonyl (C=O) groups is 2. The lowest BCUT2D eigenvalue weighted by Gasteiger charge is -2.11. The molecule has 32 heavy (non-hydrogen) atoms. The Morgan fingerprint density at radius 2 is 2.12 bits per heavy atom. The Balaban J connectivity index is 1.87. The van der Waals surface area contributed by atoms with Crippen LogP contribution < -0.4 is 11.1 Å². The number of primary amides is 1. The molecule has 0 fully saturated rings. The number of hydrogen-bond donors (Lipinski definition) is 2. The highest BCUT2D eigenvalue weighted by Crippen LogP contribution is 2.43. The summed E-state index contributed by atoms with van der Waals surface area (Å²) in [5.74, 6) is -1.43. The topological polar surface area (TPSA) is 116 Å². The molecule has 0 aliphatic rings. The summed E-state index contributed by atoms with van der Waals surface area (Å²) in [7, 11) is 0. The minimum Gasteiger partial charge on any atom is -0.464 e. The summed E-state index contributed by atoms with van der Waals surface area (Å²) in [6, 6.07) is 3.75. The second-order valence-corrected chi connectivity index (χ2v) is 8.07. The molecule has 0 aliphatic carbocycles. The second-order valence-electron chi connectivity index (χ2n) is 6.66. The number of furan rings is 1. The van der Waals surface area contributed by atoms with Gasteiger partial charge in [-0.25, -0.2) is 4.98 Å². The van der Waals surface area contributed by atoms with Crippen molar-refractivity contribution in [2.45, 2.75) is 19.6 Å². The molecule has 4 heterocycles. The highest BCUT2D eigenvalue weighted by atomic mass is 35.5. The van der Waals surface area contributed by atoms with Crippen molar-refractivity contribution >= 4 is 50.7 Å². The first kappa shape index (κ1) is 21.8. The Morgan fingerprint density at radius 1 is 1.38 bits per heavy atom. The van der Waals surface area contributed by atoms with Gasteiger partial charge in [0.25, 0.3) is 5.91 Å². The fourth-order valence-electron chi connectivity index (χ4n) is 3.06. The number of nitrogens with zero attached hydrogens (tertiary/aromatic N) is 3. The molecule has 8 nitrogen and oxygen atoms in total. The van der Waals surface area contributed by atoms with Gasteiger partial charge in [0.05, 0.1) is 28.9 Å². The van der Waals surface area contributed by atoms with E-state index < -0.39 is 23.7 Å². The van der Waals surface area contributed by atoms with Gasteiger partial charge in [0.2, 0.25) is 5.91 Å². The summed E-state index contributed by atoms with van der Waals surface area (Å²) in [4.78, 5) is 28.1. The van der Waals surface area contributed by atoms with E-state index >= 15 is 0 Å². The molecule has 0 aliphatic heterocycles. The Morgan fingerprint density at radius 3 is 2.69 bits per heavy atom. The molecule has 4 aromatic rings. The van der Waals surface area contributed by atoms with Gasteiger partial charge in [-0.2, -0.15) is 18.3 Å². The van der Waals surface area contributed by atoms with Gasteiger partial charge in [0, 0.05) is 10.9 Å². The van der Waals surface area contributed by atoms with Crippen molar-refractivity contribution in [1.82, 2.24) is 14.8 Å². The molecule has 166 valence electrons. The van der Waals surface area contributed by atoms with Gasteiger partial charge in [-0.3, -0.25) is 14.3 Å². The average molecular weight is 484 g/mol. The SMILES string of the molecule is Cc1c(Cl)cnn1CC(=O)Nc1c(C(N)=O)sc2nc(C(F)(F)F)cc(-c3ccco3)c12. The first-order valence-corrected chi connectivity index (χ1v) is 10.1. The molecule has 0 radical (unpaired) electrons. The Kier molecular flexibility index (Phi) is 5.42. The van der Waals surface area contributed by atoms with Gasteiger partial charge in [-0.1, -0.05) is 11.6 Å². The fourth-order valence-corrected chi connectivity index (χ4v) is 4.21. The minimum atomic E-state index is -4.74. The third kappa shape index (κ3) is 3.94. The van der Waals surface area contributed by atoms with Gasteiger partial charge in [0.1, 0.15) is 27.7 Å². The fraction of sp³-hybridized carbons (Fsp3) is 0.158. The van der Waals surface area contributed by atoms with Crippen LogP contribution in [0.25, 0.3) is 21.5 Å². The molecule has 0 saturated carbocycles. The molecule has 4 aromatic heterocycles. The normalized spacial score (nSPS) is 11.8. The van der Waals surface area contributed by atoms with Crippen molar-refractivity contribution in [2.75, 3.05) is 5.32 Å². The predicted molar refractivity (Wildman–Crippen MR) is 111 cm³/mol. The maximum atomic E-state index is 13.4. The number of rotatable bonds is 5. The van der Waals surface area contributed by atoms with E-state index in [-0.39, 0.29) is 38.6 Å². The van der Waals surface area contributed by atoms with Crippen LogP contribution in [0.5, 0.6) is 0 Å². The number of anilines is 1. The Bertz CT molecular complexity index is 1340. The van der Waals surface area contributed by atoms with Gasteiger partial charge in [-0.05, 0) is 25.1 Å². The van der Waals surface area contributed by atoms with E-state index in [9.17, 15) is 22.8 Å². The third-order valence-electron chi connectivity index (χ3n) is 4.56. The first-order chi connectivity index (χ1) is 15.1. The molecular weight excluding hydrogens is 471 g/mol. The summed E-state index contributed by atoms with van der Waals surface area (Å²) in [6.45, 7) is 1.41. The van der Waals surface area contributed by atoms with Crippen LogP contribution in [0.15, 0.2) is 35.1 Å². The minimum absolute atomic E-state index is 0.00434. The van der Waals surface area contributed by atoms with Crippen LogP contribution in [0, 0.1) is 6.92 Å². The molecule has 0 saturated heterocycles. The summed E-state index contributed by atoms with van der Waals surface area (Å²) in [5.41, 5.74) is 4.76. The number of nitrogens with two attached hydrogens (primary N) is 1. The number of aromatic nitrogens is 3. The van der Waals surface area contributed by atoms with Crippen LogP contribution in [-0.4, -0.2) is 26.6 Å². The molecule has 0 spiro atoms. The van der Waals surface area contributed by atoms with E-state index in [1.807, 2.05) is 0 Å². The maximum absolute atomic E-state index is 13.4. The first-order valence-electron chi connectivity index (χ1n) is 8.92. The standard InChI is InChI=1S/C19H13ClF3N5O3S/c1-8-10(20)6-25-28(8)7-13(29)27-15-14-9(11-3-2-4-31-11)5-12(19(21,22)23)26-18(14)32-16(15)17(24)30/h2-6H,7H2,1H3,(H2,24,30)(H,27,29). The molecule has 4 rings (SSSR count). The lowest BCUT2D eigenvalue weighted by atomic mass is 10.1. The highest BCUT2D eigenvalue weighted by molar-refractivity contribution is 7.21. The van der Waals surface area contributed by atoms with E-state index in [0.717, 1.165) is 6.07 Å². The van der Waals surface area contributed by atoms with Crippen molar-refractivity contribution in [1.29, 1.82) is 0 Å². The van der Waals surface area contributed by atoms with E-state index in [1.54, 1.807) is 6.92 Å². The summed E-state index contributed by atoms with van der Waals surface area (Å²) in [5, 5.41) is 7.02. The van der Waals surface area contributed by atoms with Crippen molar-refractivity contribution in [3.8, 4) is 11.3 Å². The molecule has 0 aromatic carbocycles. The molecule has 0 atom stereocenters. The van der Waals surface area contributed by atoms with Crippen molar-refractivity contribution in [2.24, 2.45) is 5.73 Å². The Labute approximate surface area is 186 Å². The van der Waals surface area contributed by atoms with Gasteiger partial charge >= 0.3 is 6.18 Å². The lowest BCUT2D eigenvalue weighted by molar-refractivity contribution is -0.140. The number of hydrogen-bond acceptors (Lipinski definition) is 6. The zero-order valence-electron chi connectivity index (χ0n) is 16.2. The van der Waals surface area contributed by atoms with Crippen LogP contribution >= 0.6 is 22.9 Å². The van der Waals surface area contributed by atoms with Crippen LogP contribution in [0.2, 0.25) is 5.02 Å². The van der Waals surface area contributed by atoms with Gasteiger partial charge < -0.3 is 15.5 Å². The van der Waals surface area contributed by atoms with Crippen LogP contribution in [0.3, 0.4) is 0 Å². The summed E-state index contributed by atoms with van der Waals surface area (Å²) < 4.78 is 46.9. The van der Waals surface area contributed by atoms with E-state index in [4.69, 9.17) is 21.8 Å². The third-order valence-corrected chi connectivity index (χ3v) is 6.03. The molecule has 0 unspecified atom stereocenters. The number of nitrogens with one attached hydrogen (secondary N) is 1. The number of fused-ring (bicyclic) bond motifs is 1. The quantitative estimate of drug-likeness (QED) is 0.434. The number of carbonyl (C=O) groups excluding carboxylic acids is 2. The number of amides is 2. The molecule has 2 amide bonds. The smallest absolute Gasteiger partial charge is 0.433 e. The lowest BCUT2D eigenvalue weighted by Crippen LogP contribution is -2.22. The van der Waals surface area contributed by atoms with Crippen molar-refractivity contribution in [3.63, 3.8) is 0 Å². The van der Waals surface area contributed by atoms with Crippen LogP contribution in [-0.2, 0) is 17.5 Å². The summed E-state index contributed by atoms with van der Waals surface area (Å²) >= 11 is 6.59. The highest BCUT2D eigenvalue weighted by Gasteiger charge is 2.35. The number of halogens is 4. The summed E-state index contributed by atoms with van der Waals surface area (Å²) in [6.07, 6.45) is -2.08. The van der Waals surface area contributed by atoms with Gasteiger partial charge in [0.15, 0.2) is 0 Å².